The van der Waals surface area contributed by atoms with E-state index >= 15 is 0 Å². The molecule has 2 aromatic carbocycles. The van der Waals surface area contributed by atoms with Gasteiger partial charge in [0.1, 0.15) is 0 Å². The van der Waals surface area contributed by atoms with Crippen LogP contribution in [0.4, 0.5) is 0 Å². The van der Waals surface area contributed by atoms with E-state index in [-0.39, 0.29) is 0 Å². The number of hydrogen-bond acceptors (Lipinski definition) is 2. The van der Waals surface area contributed by atoms with Crippen LogP contribution < -0.4 is 0 Å². The first-order chi connectivity index (χ1) is 11.6. The Morgan fingerprint density at radius 1 is 0.625 bits per heavy atom. The van der Waals surface area contributed by atoms with Crippen molar-refractivity contribution in [2.75, 3.05) is 0 Å². The third kappa shape index (κ3) is 5.89. The molecule has 0 spiro atoms. The Kier molecular flexibility index (Phi) is 8.28. The molecule has 0 nitrogen and oxygen atoms in total. The van der Waals surface area contributed by atoms with Gasteiger partial charge < -0.3 is 0 Å². The fourth-order valence-electron chi connectivity index (χ4n) is 3.00. The van der Waals surface area contributed by atoms with Crippen LogP contribution in [-0.4, -0.2) is 0 Å². The summed E-state index contributed by atoms with van der Waals surface area (Å²) in [5.74, 6) is 1.33. The van der Waals surface area contributed by atoms with E-state index in [1.165, 1.54) is 46.6 Å². The molecular formula is C22H30S2. The molecule has 2 rings (SSSR count). The Morgan fingerprint density at radius 3 is 1.25 bits per heavy atom. The molecule has 24 heavy (non-hydrogen) atoms. The van der Waals surface area contributed by atoms with Crippen molar-refractivity contribution in [2.45, 2.75) is 75.0 Å². The summed E-state index contributed by atoms with van der Waals surface area (Å²) in [5, 5.41) is 0. The van der Waals surface area contributed by atoms with Gasteiger partial charge in [0, 0.05) is 9.79 Å². The first kappa shape index (κ1) is 19.5. The zero-order valence-corrected chi connectivity index (χ0v) is 17.1. The smallest absolute Gasteiger partial charge is 0.0186 e. The fraction of sp³-hybridized carbons (Fsp3) is 0.455. The molecule has 0 saturated carbocycles. The molecule has 0 saturated heterocycles. The quantitative estimate of drug-likeness (QED) is 0.413. The van der Waals surface area contributed by atoms with Crippen molar-refractivity contribution in [3.63, 3.8) is 0 Å². The van der Waals surface area contributed by atoms with Crippen LogP contribution in [0.25, 0.3) is 0 Å². The number of benzene rings is 2. The van der Waals surface area contributed by atoms with Crippen molar-refractivity contribution < 1.29 is 0 Å². The lowest BCUT2D eigenvalue weighted by atomic mass is 9.97. The van der Waals surface area contributed by atoms with Gasteiger partial charge in [-0.3, -0.25) is 0 Å². The molecular weight excluding hydrogens is 328 g/mol. The highest BCUT2D eigenvalue weighted by molar-refractivity contribution is 8.76. The van der Waals surface area contributed by atoms with Gasteiger partial charge in [-0.2, -0.15) is 0 Å². The second-order valence-electron chi connectivity index (χ2n) is 6.68. The molecule has 0 fully saturated rings. The van der Waals surface area contributed by atoms with Gasteiger partial charge >= 0.3 is 0 Å². The van der Waals surface area contributed by atoms with E-state index in [1.54, 1.807) is 0 Å². The molecule has 0 aliphatic rings. The van der Waals surface area contributed by atoms with Crippen molar-refractivity contribution in [2.24, 2.45) is 0 Å². The highest BCUT2D eigenvalue weighted by Gasteiger charge is 2.06. The van der Waals surface area contributed by atoms with Crippen LogP contribution in [0.15, 0.2) is 58.3 Å². The molecule has 2 atom stereocenters. The summed E-state index contributed by atoms with van der Waals surface area (Å²) < 4.78 is 0. The predicted octanol–water partition coefficient (Wildman–Crippen LogP) is 8.29. The Morgan fingerprint density at radius 2 is 0.958 bits per heavy atom. The standard InChI is InChI=1S/C22H30S2/c1-5-7-17(3)19-9-13-21(14-10-19)23-24-22-15-11-20(12-16-22)18(4)8-6-2/h9-18H,5-8H2,1-4H3. The Balaban J connectivity index is 1.89. The molecule has 0 aliphatic heterocycles. The lowest BCUT2D eigenvalue weighted by Gasteiger charge is -2.12. The third-order valence-corrected chi connectivity index (χ3v) is 6.99. The van der Waals surface area contributed by atoms with Crippen molar-refractivity contribution >= 4 is 21.6 Å². The number of hydrogen-bond donors (Lipinski definition) is 0. The normalized spacial score (nSPS) is 13.7. The van der Waals surface area contributed by atoms with Gasteiger partial charge in [-0.05, 0) is 60.1 Å². The summed E-state index contributed by atoms with van der Waals surface area (Å²) in [6.07, 6.45) is 5.04. The molecule has 0 heterocycles. The minimum atomic E-state index is 0.666. The minimum Gasteiger partial charge on any atom is -0.0654 e. The summed E-state index contributed by atoms with van der Waals surface area (Å²) >= 11 is 0. The lowest BCUT2D eigenvalue weighted by molar-refractivity contribution is 0.664. The summed E-state index contributed by atoms with van der Waals surface area (Å²) in [5.41, 5.74) is 2.92. The molecule has 0 radical (unpaired) electrons. The zero-order valence-electron chi connectivity index (χ0n) is 15.4. The second kappa shape index (κ2) is 10.2. The maximum atomic E-state index is 2.32. The average Bonchev–Trinajstić information content (AvgIpc) is 2.61. The lowest BCUT2D eigenvalue weighted by Crippen LogP contribution is -1.92. The fourth-order valence-corrected chi connectivity index (χ4v) is 4.93. The Bertz CT molecular complexity index is 531. The highest BCUT2D eigenvalue weighted by Crippen LogP contribution is 2.38. The van der Waals surface area contributed by atoms with Crippen LogP contribution >= 0.6 is 21.6 Å². The van der Waals surface area contributed by atoms with E-state index in [2.05, 4.69) is 76.2 Å². The van der Waals surface area contributed by atoms with E-state index < -0.39 is 0 Å². The molecule has 0 aromatic heterocycles. The predicted molar refractivity (Wildman–Crippen MR) is 111 cm³/mol. The van der Waals surface area contributed by atoms with Crippen molar-refractivity contribution in [3.8, 4) is 0 Å². The van der Waals surface area contributed by atoms with Crippen LogP contribution in [-0.2, 0) is 0 Å². The largest absolute Gasteiger partial charge is 0.0654 e. The average molecular weight is 359 g/mol. The van der Waals surface area contributed by atoms with E-state index in [4.69, 9.17) is 0 Å². The van der Waals surface area contributed by atoms with Crippen LogP contribution in [0.3, 0.4) is 0 Å². The van der Waals surface area contributed by atoms with Gasteiger partial charge in [-0.25, -0.2) is 0 Å². The summed E-state index contributed by atoms with van der Waals surface area (Å²) in [4.78, 5) is 2.66. The molecule has 0 amide bonds. The van der Waals surface area contributed by atoms with Crippen molar-refractivity contribution in [3.05, 3.63) is 59.7 Å². The molecule has 130 valence electrons. The molecule has 2 aromatic rings. The van der Waals surface area contributed by atoms with Gasteiger partial charge in [0.05, 0.1) is 0 Å². The SMILES string of the molecule is CCCC(C)c1ccc(SSc2ccc(C(C)CCC)cc2)cc1. The molecule has 2 unspecified atom stereocenters. The van der Waals surface area contributed by atoms with Gasteiger partial charge in [-0.1, -0.05) is 86.4 Å². The second-order valence-corrected chi connectivity index (χ2v) is 8.96. The van der Waals surface area contributed by atoms with E-state index in [1.807, 2.05) is 21.6 Å². The Hall–Kier alpha value is -0.860. The maximum Gasteiger partial charge on any atom is 0.0186 e. The molecule has 0 N–H and O–H groups in total. The van der Waals surface area contributed by atoms with E-state index in [0.717, 1.165) is 0 Å². The van der Waals surface area contributed by atoms with Gasteiger partial charge in [0.25, 0.3) is 0 Å². The van der Waals surface area contributed by atoms with Gasteiger partial charge in [0.2, 0.25) is 0 Å². The van der Waals surface area contributed by atoms with E-state index in [0.29, 0.717) is 11.8 Å². The number of rotatable bonds is 9. The van der Waals surface area contributed by atoms with Crippen molar-refractivity contribution in [1.82, 2.24) is 0 Å². The molecule has 2 heteroatoms. The van der Waals surface area contributed by atoms with Gasteiger partial charge in [0.15, 0.2) is 0 Å². The monoisotopic (exact) mass is 358 g/mol. The topological polar surface area (TPSA) is 0 Å². The third-order valence-electron chi connectivity index (χ3n) is 4.58. The van der Waals surface area contributed by atoms with Crippen LogP contribution in [0.1, 0.15) is 76.3 Å². The van der Waals surface area contributed by atoms with Crippen LogP contribution in [0.5, 0.6) is 0 Å². The molecule has 0 bridgehead atoms. The minimum absolute atomic E-state index is 0.666. The zero-order chi connectivity index (χ0) is 17.4. The first-order valence-electron chi connectivity index (χ1n) is 9.18. The summed E-state index contributed by atoms with van der Waals surface area (Å²) in [7, 11) is 3.70. The van der Waals surface area contributed by atoms with Crippen molar-refractivity contribution in [1.29, 1.82) is 0 Å². The summed E-state index contributed by atoms with van der Waals surface area (Å²) in [6, 6.07) is 18.2. The van der Waals surface area contributed by atoms with Crippen LogP contribution in [0.2, 0.25) is 0 Å². The van der Waals surface area contributed by atoms with E-state index in [9.17, 15) is 0 Å². The van der Waals surface area contributed by atoms with Crippen LogP contribution in [0, 0.1) is 0 Å². The highest BCUT2D eigenvalue weighted by atomic mass is 33.1. The summed E-state index contributed by atoms with van der Waals surface area (Å²) in [6.45, 7) is 9.15. The maximum absolute atomic E-state index is 2.32. The first-order valence-corrected chi connectivity index (χ1v) is 11.3. The Labute approximate surface area is 156 Å². The molecule has 0 aliphatic carbocycles. The van der Waals surface area contributed by atoms with Gasteiger partial charge in [-0.15, -0.1) is 0 Å².